The van der Waals surface area contributed by atoms with Crippen LogP contribution < -0.4 is 20.2 Å². The molecule has 2 N–H and O–H groups in total. The van der Waals surface area contributed by atoms with Gasteiger partial charge in [-0.05, 0) is 36.5 Å². The Kier molecular flexibility index (Phi) is 5.79. The van der Waals surface area contributed by atoms with Gasteiger partial charge in [0.1, 0.15) is 5.76 Å². The van der Waals surface area contributed by atoms with E-state index in [9.17, 15) is 0 Å². The highest BCUT2D eigenvalue weighted by molar-refractivity contribution is 7.80. The predicted octanol–water partition coefficient (Wildman–Crippen LogP) is 2.29. The van der Waals surface area contributed by atoms with Crippen LogP contribution in [-0.2, 0) is 6.54 Å². The second kappa shape index (κ2) is 8.04. The molecular weight excluding hydrogens is 302 g/mol. The summed E-state index contributed by atoms with van der Waals surface area (Å²) in [5.74, 6) is 2.05. The molecule has 2 rings (SSSR count). The second-order valence-electron chi connectivity index (χ2n) is 4.21. The van der Waals surface area contributed by atoms with E-state index >= 15 is 0 Å². The highest BCUT2D eigenvalue weighted by atomic mass is 32.1. The lowest BCUT2D eigenvalue weighted by Crippen LogP contribution is -2.31. The van der Waals surface area contributed by atoms with Crippen LogP contribution in [0.1, 0.15) is 11.3 Å². The normalized spacial score (nSPS) is 10.5. The standard InChI is InChI=1S/C15H17N3O3S/c1-19-13-7-3-5-11(14(13)20-2)9-17-18-15(22)16-10-12-6-4-8-21-12/h3-9H,10H2,1-2H3,(H2,16,18,22)/b17-9-. The van der Waals surface area contributed by atoms with Gasteiger partial charge in [-0.1, -0.05) is 6.07 Å². The predicted molar refractivity (Wildman–Crippen MR) is 88.4 cm³/mol. The Hall–Kier alpha value is -2.54. The molecular formula is C15H17N3O3S. The zero-order valence-corrected chi connectivity index (χ0v) is 13.1. The third-order valence-electron chi connectivity index (χ3n) is 2.81. The van der Waals surface area contributed by atoms with Crippen LogP contribution in [-0.4, -0.2) is 25.5 Å². The van der Waals surface area contributed by atoms with Gasteiger partial charge < -0.3 is 19.2 Å². The van der Waals surface area contributed by atoms with Crippen LogP contribution in [0.5, 0.6) is 11.5 Å². The average molecular weight is 319 g/mol. The first-order valence-corrected chi connectivity index (χ1v) is 6.95. The van der Waals surface area contributed by atoms with Crippen molar-refractivity contribution in [2.24, 2.45) is 5.10 Å². The lowest BCUT2D eigenvalue weighted by molar-refractivity contribution is 0.354. The highest BCUT2D eigenvalue weighted by Crippen LogP contribution is 2.29. The molecule has 0 unspecified atom stereocenters. The maximum atomic E-state index is 5.32. The van der Waals surface area contributed by atoms with Gasteiger partial charge in [-0.15, -0.1) is 0 Å². The number of hydrogen-bond acceptors (Lipinski definition) is 5. The summed E-state index contributed by atoms with van der Waals surface area (Å²) in [6, 6.07) is 9.22. The van der Waals surface area contributed by atoms with Gasteiger partial charge >= 0.3 is 0 Å². The summed E-state index contributed by atoms with van der Waals surface area (Å²) in [6.07, 6.45) is 3.23. The third kappa shape index (κ3) is 4.23. The van der Waals surface area contributed by atoms with Crippen molar-refractivity contribution < 1.29 is 13.9 Å². The minimum Gasteiger partial charge on any atom is -0.493 e. The molecule has 0 aliphatic carbocycles. The van der Waals surface area contributed by atoms with E-state index in [-0.39, 0.29) is 0 Å². The fraction of sp³-hybridized carbons (Fsp3) is 0.200. The van der Waals surface area contributed by atoms with Crippen LogP contribution in [0.25, 0.3) is 0 Å². The molecule has 0 saturated carbocycles. The molecule has 6 nitrogen and oxygen atoms in total. The van der Waals surface area contributed by atoms with Crippen molar-refractivity contribution in [1.82, 2.24) is 10.7 Å². The molecule has 1 aromatic carbocycles. The van der Waals surface area contributed by atoms with E-state index in [4.69, 9.17) is 26.1 Å². The quantitative estimate of drug-likeness (QED) is 0.484. The monoisotopic (exact) mass is 319 g/mol. The van der Waals surface area contributed by atoms with Gasteiger partial charge in [-0.2, -0.15) is 5.10 Å². The molecule has 0 fully saturated rings. The van der Waals surface area contributed by atoms with Crippen molar-refractivity contribution >= 4 is 23.5 Å². The Morgan fingerprint density at radius 1 is 1.27 bits per heavy atom. The van der Waals surface area contributed by atoms with E-state index in [1.807, 2.05) is 30.3 Å². The largest absolute Gasteiger partial charge is 0.493 e. The molecule has 1 aromatic heterocycles. The first kappa shape index (κ1) is 15.8. The number of benzene rings is 1. The van der Waals surface area contributed by atoms with Crippen LogP contribution in [0.2, 0.25) is 0 Å². The molecule has 0 atom stereocenters. The number of nitrogens with one attached hydrogen (secondary N) is 2. The number of rotatable bonds is 6. The number of hydrogen-bond donors (Lipinski definition) is 2. The van der Waals surface area contributed by atoms with Crippen molar-refractivity contribution in [2.75, 3.05) is 14.2 Å². The zero-order chi connectivity index (χ0) is 15.8. The second-order valence-corrected chi connectivity index (χ2v) is 4.62. The molecule has 116 valence electrons. The first-order chi connectivity index (χ1) is 10.7. The summed E-state index contributed by atoms with van der Waals surface area (Å²) in [5.41, 5.74) is 3.51. The fourth-order valence-electron chi connectivity index (χ4n) is 1.79. The van der Waals surface area contributed by atoms with Crippen molar-refractivity contribution in [3.8, 4) is 11.5 Å². The topological polar surface area (TPSA) is 68.0 Å². The SMILES string of the molecule is COc1cccc(/C=N\NC(=S)NCc2ccco2)c1OC. The number of methoxy groups -OCH3 is 2. The van der Waals surface area contributed by atoms with Gasteiger partial charge in [0.05, 0.1) is 33.2 Å². The van der Waals surface area contributed by atoms with E-state index in [0.29, 0.717) is 23.2 Å². The molecule has 0 spiro atoms. The summed E-state index contributed by atoms with van der Waals surface area (Å²) in [5, 5.41) is 7.46. The number of furan rings is 1. The van der Waals surface area contributed by atoms with Gasteiger partial charge in [0.2, 0.25) is 0 Å². The Labute approximate surface area is 134 Å². The van der Waals surface area contributed by atoms with Gasteiger partial charge in [-0.25, -0.2) is 0 Å². The number of nitrogens with zero attached hydrogens (tertiary/aromatic N) is 1. The fourth-order valence-corrected chi connectivity index (χ4v) is 1.92. The highest BCUT2D eigenvalue weighted by Gasteiger charge is 2.07. The number of para-hydroxylation sites is 1. The van der Waals surface area contributed by atoms with Crippen LogP contribution in [0, 0.1) is 0 Å². The molecule has 1 heterocycles. The summed E-state index contributed by atoms with van der Waals surface area (Å²) in [7, 11) is 3.17. The van der Waals surface area contributed by atoms with E-state index in [2.05, 4.69) is 15.8 Å². The summed E-state index contributed by atoms with van der Waals surface area (Å²) in [6.45, 7) is 0.497. The van der Waals surface area contributed by atoms with E-state index in [1.165, 1.54) is 0 Å². The zero-order valence-electron chi connectivity index (χ0n) is 12.3. The molecule has 0 saturated heterocycles. The van der Waals surface area contributed by atoms with Crippen molar-refractivity contribution in [1.29, 1.82) is 0 Å². The summed E-state index contributed by atoms with van der Waals surface area (Å²) >= 11 is 5.12. The maximum Gasteiger partial charge on any atom is 0.187 e. The Morgan fingerprint density at radius 3 is 2.82 bits per heavy atom. The number of ether oxygens (including phenoxy) is 2. The minimum atomic E-state index is 0.398. The molecule has 22 heavy (non-hydrogen) atoms. The molecule has 0 bridgehead atoms. The molecule has 0 aliphatic heterocycles. The molecule has 7 heteroatoms. The lowest BCUT2D eigenvalue weighted by atomic mass is 10.2. The first-order valence-electron chi connectivity index (χ1n) is 6.55. The summed E-state index contributed by atoms with van der Waals surface area (Å²) < 4.78 is 15.7. The minimum absolute atomic E-state index is 0.398. The molecule has 2 aromatic rings. The smallest absolute Gasteiger partial charge is 0.187 e. The Balaban J connectivity index is 1.90. The number of hydrazone groups is 1. The van der Waals surface area contributed by atoms with Gasteiger partial charge in [0.25, 0.3) is 0 Å². The van der Waals surface area contributed by atoms with Crippen LogP contribution in [0.3, 0.4) is 0 Å². The molecule has 0 aliphatic rings. The van der Waals surface area contributed by atoms with Gasteiger partial charge in [0.15, 0.2) is 16.6 Å². The summed E-state index contributed by atoms with van der Waals surface area (Å²) in [4.78, 5) is 0. The van der Waals surface area contributed by atoms with Crippen LogP contribution in [0.4, 0.5) is 0 Å². The van der Waals surface area contributed by atoms with E-state index in [1.54, 1.807) is 26.7 Å². The lowest BCUT2D eigenvalue weighted by Gasteiger charge is -2.09. The molecule has 0 amide bonds. The third-order valence-corrected chi connectivity index (χ3v) is 3.04. The van der Waals surface area contributed by atoms with E-state index < -0.39 is 0 Å². The number of thiocarbonyl (C=S) groups is 1. The molecule has 0 radical (unpaired) electrons. The van der Waals surface area contributed by atoms with Gasteiger partial charge in [0, 0.05) is 5.56 Å². The van der Waals surface area contributed by atoms with Crippen LogP contribution in [0.15, 0.2) is 46.1 Å². The maximum absolute atomic E-state index is 5.32. The van der Waals surface area contributed by atoms with Crippen molar-refractivity contribution in [3.63, 3.8) is 0 Å². The van der Waals surface area contributed by atoms with E-state index in [0.717, 1.165) is 11.3 Å². The Morgan fingerprint density at radius 2 is 2.14 bits per heavy atom. The van der Waals surface area contributed by atoms with Crippen LogP contribution >= 0.6 is 12.2 Å². The Bertz CT molecular complexity index is 641. The van der Waals surface area contributed by atoms with Gasteiger partial charge in [-0.3, -0.25) is 5.43 Å². The van der Waals surface area contributed by atoms with Crippen molar-refractivity contribution in [2.45, 2.75) is 6.54 Å². The average Bonchev–Trinajstić information content (AvgIpc) is 3.06. The van der Waals surface area contributed by atoms with Crippen molar-refractivity contribution in [3.05, 3.63) is 47.9 Å².